The van der Waals surface area contributed by atoms with E-state index in [1.54, 1.807) is 6.92 Å². The molecule has 0 saturated heterocycles. The number of benzene rings is 1. The zero-order valence-corrected chi connectivity index (χ0v) is 14.4. The first-order valence-corrected chi connectivity index (χ1v) is 8.51. The first-order chi connectivity index (χ1) is 11.0. The van der Waals surface area contributed by atoms with Crippen molar-refractivity contribution in [2.75, 3.05) is 5.32 Å². The number of carbonyl (C=O) groups is 1. The Labute approximate surface area is 139 Å². The van der Waals surface area contributed by atoms with Gasteiger partial charge in [0.15, 0.2) is 5.16 Å². The van der Waals surface area contributed by atoms with Crippen LogP contribution in [0.1, 0.15) is 31.5 Å². The van der Waals surface area contributed by atoms with Crippen molar-refractivity contribution in [1.82, 2.24) is 9.97 Å². The van der Waals surface area contributed by atoms with E-state index < -0.39 is 0 Å². The van der Waals surface area contributed by atoms with Crippen LogP contribution in [0.5, 0.6) is 0 Å². The Morgan fingerprint density at radius 3 is 2.83 bits per heavy atom. The number of thioether (sulfide) groups is 1. The minimum atomic E-state index is -0.366. The van der Waals surface area contributed by atoms with Crippen LogP contribution in [0.25, 0.3) is 0 Å². The lowest BCUT2D eigenvalue weighted by Gasteiger charge is -2.13. The number of rotatable bonds is 6. The molecular weight excluding hydrogens is 310 g/mol. The van der Waals surface area contributed by atoms with Crippen LogP contribution in [0.2, 0.25) is 0 Å². The van der Waals surface area contributed by atoms with Gasteiger partial charge in [0, 0.05) is 17.4 Å². The number of para-hydroxylation sites is 1. The zero-order valence-electron chi connectivity index (χ0n) is 13.6. The molecule has 0 radical (unpaired) electrons. The highest BCUT2D eigenvalue weighted by atomic mass is 32.2. The van der Waals surface area contributed by atoms with Gasteiger partial charge in [0.2, 0.25) is 5.91 Å². The quantitative estimate of drug-likeness (QED) is 0.630. The van der Waals surface area contributed by atoms with Crippen molar-refractivity contribution in [3.8, 4) is 0 Å². The van der Waals surface area contributed by atoms with Crippen LogP contribution in [0.15, 0.2) is 40.3 Å². The highest BCUT2D eigenvalue weighted by Crippen LogP contribution is 2.21. The van der Waals surface area contributed by atoms with Crippen LogP contribution in [-0.2, 0) is 11.2 Å². The number of aromatic nitrogens is 2. The summed E-state index contributed by atoms with van der Waals surface area (Å²) >= 11 is 1.25. The van der Waals surface area contributed by atoms with Crippen molar-refractivity contribution in [2.45, 2.75) is 44.0 Å². The third-order valence-corrected chi connectivity index (χ3v) is 4.32. The summed E-state index contributed by atoms with van der Waals surface area (Å²) in [5.41, 5.74) is 2.38. The Balaban J connectivity index is 2.06. The summed E-state index contributed by atoms with van der Waals surface area (Å²) < 4.78 is 0. The number of nitrogens with one attached hydrogen (secondary N) is 2. The zero-order chi connectivity index (χ0) is 16.8. The first-order valence-electron chi connectivity index (χ1n) is 7.63. The third-order valence-electron chi connectivity index (χ3n) is 3.34. The number of carbonyl (C=O) groups excluding carboxylic acids is 1. The molecule has 1 aromatic carbocycles. The maximum atomic E-state index is 12.3. The molecule has 2 N–H and O–H groups in total. The topological polar surface area (TPSA) is 74.8 Å². The summed E-state index contributed by atoms with van der Waals surface area (Å²) in [5.74, 6) is -0.118. The van der Waals surface area contributed by atoms with Crippen LogP contribution in [0.3, 0.4) is 0 Å². The predicted octanol–water partition coefficient (Wildman–Crippen LogP) is 3.15. The molecule has 122 valence electrons. The van der Waals surface area contributed by atoms with E-state index in [0.717, 1.165) is 29.8 Å². The molecule has 0 saturated carbocycles. The minimum absolute atomic E-state index is 0.118. The van der Waals surface area contributed by atoms with Gasteiger partial charge in [-0.1, -0.05) is 43.3 Å². The summed E-state index contributed by atoms with van der Waals surface area (Å²) in [6.45, 7) is 5.78. The highest BCUT2D eigenvalue weighted by Gasteiger charge is 2.17. The van der Waals surface area contributed by atoms with Crippen molar-refractivity contribution >= 4 is 23.4 Å². The maximum Gasteiger partial charge on any atom is 0.251 e. The molecule has 0 bridgehead atoms. The summed E-state index contributed by atoms with van der Waals surface area (Å²) in [5, 5.41) is 3.02. The molecule has 1 atom stereocenters. The molecule has 0 spiro atoms. The second kappa shape index (κ2) is 7.97. The van der Waals surface area contributed by atoms with E-state index in [4.69, 9.17) is 0 Å². The Bertz CT molecular complexity index is 743. The SMILES string of the molecule is CCCc1cc(=O)[nH]c(SC(C)C(=O)Nc2ccccc2C)n1. The fraction of sp³-hybridized carbons (Fsp3) is 0.353. The van der Waals surface area contributed by atoms with Crippen molar-refractivity contribution in [3.63, 3.8) is 0 Å². The lowest BCUT2D eigenvalue weighted by Crippen LogP contribution is -2.23. The second-order valence-electron chi connectivity index (χ2n) is 5.36. The molecular formula is C17H21N3O2S. The van der Waals surface area contributed by atoms with Crippen molar-refractivity contribution in [2.24, 2.45) is 0 Å². The van der Waals surface area contributed by atoms with Crippen LogP contribution in [-0.4, -0.2) is 21.1 Å². The van der Waals surface area contributed by atoms with Gasteiger partial charge >= 0.3 is 0 Å². The largest absolute Gasteiger partial charge is 0.325 e. The maximum absolute atomic E-state index is 12.3. The molecule has 23 heavy (non-hydrogen) atoms. The van der Waals surface area contributed by atoms with Crippen molar-refractivity contribution < 1.29 is 4.79 Å². The molecule has 5 nitrogen and oxygen atoms in total. The van der Waals surface area contributed by atoms with Crippen LogP contribution >= 0.6 is 11.8 Å². The molecule has 1 aromatic heterocycles. The highest BCUT2D eigenvalue weighted by molar-refractivity contribution is 8.00. The molecule has 1 unspecified atom stereocenters. The van der Waals surface area contributed by atoms with Gasteiger partial charge in [0.1, 0.15) is 0 Å². The number of hydrogen-bond donors (Lipinski definition) is 2. The fourth-order valence-electron chi connectivity index (χ4n) is 2.09. The van der Waals surface area contributed by atoms with Gasteiger partial charge < -0.3 is 10.3 Å². The summed E-state index contributed by atoms with van der Waals surface area (Å²) in [6, 6.07) is 9.13. The second-order valence-corrected chi connectivity index (χ2v) is 6.69. The van der Waals surface area contributed by atoms with Gasteiger partial charge in [0.25, 0.3) is 5.56 Å². The standard InChI is InChI=1S/C17H21N3O2S/c1-4-7-13-10-15(21)20-17(18-13)23-12(3)16(22)19-14-9-6-5-8-11(14)2/h5-6,8-10,12H,4,7H2,1-3H3,(H,19,22)(H,18,20,21). The van der Waals surface area contributed by atoms with Crippen LogP contribution < -0.4 is 10.9 Å². The van der Waals surface area contributed by atoms with Gasteiger partial charge in [-0.2, -0.15) is 0 Å². The number of anilines is 1. The van der Waals surface area contributed by atoms with E-state index in [9.17, 15) is 9.59 Å². The number of aromatic amines is 1. The molecule has 0 aliphatic carbocycles. The van der Waals surface area contributed by atoms with Crippen molar-refractivity contribution in [3.05, 3.63) is 51.9 Å². The molecule has 0 aliphatic rings. The fourth-order valence-corrected chi connectivity index (χ4v) is 2.92. The third kappa shape index (κ3) is 4.96. The van der Waals surface area contributed by atoms with Gasteiger partial charge in [-0.15, -0.1) is 0 Å². The number of amides is 1. The summed E-state index contributed by atoms with van der Waals surface area (Å²) in [4.78, 5) is 31.1. The predicted molar refractivity (Wildman–Crippen MR) is 94.0 cm³/mol. The van der Waals surface area contributed by atoms with Gasteiger partial charge in [-0.25, -0.2) is 4.98 Å². The van der Waals surface area contributed by atoms with E-state index in [-0.39, 0.29) is 16.7 Å². The van der Waals surface area contributed by atoms with Crippen LogP contribution in [0.4, 0.5) is 5.69 Å². The number of nitrogens with zero attached hydrogens (tertiary/aromatic N) is 1. The monoisotopic (exact) mass is 331 g/mol. The summed E-state index contributed by atoms with van der Waals surface area (Å²) in [7, 11) is 0. The Morgan fingerprint density at radius 1 is 1.39 bits per heavy atom. The number of hydrogen-bond acceptors (Lipinski definition) is 4. The van der Waals surface area contributed by atoms with E-state index in [1.807, 2.05) is 38.1 Å². The average molecular weight is 331 g/mol. The Morgan fingerprint density at radius 2 is 2.13 bits per heavy atom. The smallest absolute Gasteiger partial charge is 0.251 e. The Hall–Kier alpha value is -2.08. The average Bonchev–Trinajstić information content (AvgIpc) is 2.49. The lowest BCUT2D eigenvalue weighted by atomic mass is 10.2. The number of aryl methyl sites for hydroxylation is 2. The van der Waals surface area contributed by atoms with E-state index in [0.29, 0.717) is 5.16 Å². The summed E-state index contributed by atoms with van der Waals surface area (Å²) in [6.07, 6.45) is 1.67. The van der Waals surface area contributed by atoms with Crippen LogP contribution in [0, 0.1) is 6.92 Å². The minimum Gasteiger partial charge on any atom is -0.325 e. The molecule has 0 aliphatic heterocycles. The molecule has 0 fully saturated rings. The van der Waals surface area contributed by atoms with Crippen molar-refractivity contribution in [1.29, 1.82) is 0 Å². The normalized spacial score (nSPS) is 12.0. The molecule has 2 aromatic rings. The van der Waals surface area contributed by atoms with E-state index in [2.05, 4.69) is 15.3 Å². The molecule has 1 heterocycles. The first kappa shape index (κ1) is 17.3. The lowest BCUT2D eigenvalue weighted by molar-refractivity contribution is -0.115. The van der Waals surface area contributed by atoms with Gasteiger partial charge in [-0.05, 0) is 31.9 Å². The van der Waals surface area contributed by atoms with E-state index in [1.165, 1.54) is 17.8 Å². The molecule has 1 amide bonds. The number of H-pyrrole nitrogens is 1. The molecule has 6 heteroatoms. The van der Waals surface area contributed by atoms with Gasteiger partial charge in [-0.3, -0.25) is 9.59 Å². The van der Waals surface area contributed by atoms with E-state index >= 15 is 0 Å². The Kier molecular flexibility index (Phi) is 5.98. The van der Waals surface area contributed by atoms with Gasteiger partial charge in [0.05, 0.1) is 5.25 Å². The molecule has 2 rings (SSSR count).